The number of ether oxygens (including phenoxy) is 3. The second-order valence-corrected chi connectivity index (χ2v) is 17.2. The van der Waals surface area contributed by atoms with Gasteiger partial charge in [-0.15, -0.1) is 0 Å². The Balaban J connectivity index is 4.52. The van der Waals surface area contributed by atoms with Crippen LogP contribution in [0.1, 0.15) is 233 Å². The fourth-order valence-corrected chi connectivity index (χ4v) is 6.86. The molecule has 6 heteroatoms. The predicted molar refractivity (Wildman–Crippen MR) is 274 cm³/mol. The van der Waals surface area contributed by atoms with E-state index >= 15 is 0 Å². The molecule has 6 nitrogen and oxygen atoms in total. The minimum atomic E-state index is -0.817. The molecule has 0 aliphatic rings. The van der Waals surface area contributed by atoms with E-state index in [0.717, 1.165) is 96.3 Å². The molecule has 0 spiro atoms. The normalized spacial score (nSPS) is 12.9. The molecule has 64 heavy (non-hydrogen) atoms. The van der Waals surface area contributed by atoms with Gasteiger partial charge in [0.2, 0.25) is 0 Å². The monoisotopic (exact) mass is 889 g/mol. The van der Waals surface area contributed by atoms with Gasteiger partial charge in [0.1, 0.15) is 13.2 Å². The van der Waals surface area contributed by atoms with Crippen LogP contribution in [0.5, 0.6) is 0 Å². The average molecular weight is 889 g/mol. The van der Waals surface area contributed by atoms with E-state index in [4.69, 9.17) is 14.2 Å². The SMILES string of the molecule is CCCC/C=C\CCCCCCCC(=O)OCC(COC(=O)CCCCCCC\C=C/C=C\C=C/C=C\CCCCC)OC(=O)CCC/C=C\C/C=C\C/C=C\CCCCCCCC. The van der Waals surface area contributed by atoms with Crippen molar-refractivity contribution in [3.63, 3.8) is 0 Å². The highest BCUT2D eigenvalue weighted by Crippen LogP contribution is 2.12. The molecule has 0 aromatic rings. The second kappa shape index (κ2) is 52.0. The van der Waals surface area contributed by atoms with Crippen LogP contribution in [0.15, 0.2) is 97.2 Å². The van der Waals surface area contributed by atoms with Crippen LogP contribution >= 0.6 is 0 Å². The molecule has 0 aliphatic carbocycles. The Morgan fingerprint density at radius 1 is 0.328 bits per heavy atom. The van der Waals surface area contributed by atoms with Crippen molar-refractivity contribution < 1.29 is 28.6 Å². The highest BCUT2D eigenvalue weighted by atomic mass is 16.6. The first-order valence-corrected chi connectivity index (χ1v) is 26.3. The lowest BCUT2D eigenvalue weighted by Gasteiger charge is -2.18. The maximum atomic E-state index is 12.8. The number of hydrogen-bond acceptors (Lipinski definition) is 6. The lowest BCUT2D eigenvalue weighted by atomic mass is 10.1. The number of hydrogen-bond donors (Lipinski definition) is 0. The molecule has 0 heterocycles. The topological polar surface area (TPSA) is 78.9 Å². The molecule has 0 aliphatic heterocycles. The van der Waals surface area contributed by atoms with Crippen molar-refractivity contribution in [3.8, 4) is 0 Å². The molecular weight excluding hydrogens is 793 g/mol. The quantitative estimate of drug-likeness (QED) is 0.0199. The van der Waals surface area contributed by atoms with E-state index in [2.05, 4.69) is 118 Å². The van der Waals surface area contributed by atoms with E-state index in [1.54, 1.807) is 0 Å². The van der Waals surface area contributed by atoms with Gasteiger partial charge >= 0.3 is 17.9 Å². The molecule has 1 unspecified atom stereocenters. The van der Waals surface area contributed by atoms with Crippen LogP contribution in [-0.4, -0.2) is 37.2 Å². The zero-order valence-electron chi connectivity index (χ0n) is 41.5. The highest BCUT2D eigenvalue weighted by molar-refractivity contribution is 5.71. The number of carbonyl (C=O) groups excluding carboxylic acids is 3. The molecule has 1 atom stereocenters. The maximum absolute atomic E-state index is 12.8. The van der Waals surface area contributed by atoms with Crippen LogP contribution < -0.4 is 0 Å². The minimum Gasteiger partial charge on any atom is -0.462 e. The maximum Gasteiger partial charge on any atom is 0.306 e. The summed E-state index contributed by atoms with van der Waals surface area (Å²) in [5.41, 5.74) is 0. The smallest absolute Gasteiger partial charge is 0.306 e. The van der Waals surface area contributed by atoms with Crippen molar-refractivity contribution >= 4 is 17.9 Å². The summed E-state index contributed by atoms with van der Waals surface area (Å²) in [5.74, 6) is -1.000. The molecule has 364 valence electrons. The molecule has 0 radical (unpaired) electrons. The largest absolute Gasteiger partial charge is 0.462 e. The molecule has 0 aromatic heterocycles. The first-order valence-electron chi connectivity index (χ1n) is 26.3. The van der Waals surface area contributed by atoms with Gasteiger partial charge in [0.25, 0.3) is 0 Å². The van der Waals surface area contributed by atoms with Crippen LogP contribution in [0.25, 0.3) is 0 Å². The zero-order chi connectivity index (χ0) is 46.5. The van der Waals surface area contributed by atoms with Crippen LogP contribution in [0.3, 0.4) is 0 Å². The van der Waals surface area contributed by atoms with Crippen molar-refractivity contribution in [1.29, 1.82) is 0 Å². The Hall–Kier alpha value is -3.67. The summed E-state index contributed by atoms with van der Waals surface area (Å²) in [6.07, 6.45) is 68.2. The highest BCUT2D eigenvalue weighted by Gasteiger charge is 2.19. The van der Waals surface area contributed by atoms with Gasteiger partial charge in [-0.1, -0.05) is 214 Å². The number of rotatable bonds is 46. The Kier molecular flexibility index (Phi) is 49.0. The molecule has 0 bridgehead atoms. The molecule has 0 amide bonds. The first kappa shape index (κ1) is 60.3. The number of unbranched alkanes of at least 4 members (excludes halogenated alkanes) is 22. The Morgan fingerprint density at radius 3 is 1.16 bits per heavy atom. The second-order valence-electron chi connectivity index (χ2n) is 17.2. The van der Waals surface area contributed by atoms with E-state index < -0.39 is 6.10 Å². The van der Waals surface area contributed by atoms with Crippen LogP contribution in [0, 0.1) is 0 Å². The summed E-state index contributed by atoms with van der Waals surface area (Å²) >= 11 is 0. The third-order valence-electron chi connectivity index (χ3n) is 10.9. The van der Waals surface area contributed by atoms with Gasteiger partial charge in [-0.25, -0.2) is 0 Å². The number of allylic oxidation sites excluding steroid dienone is 16. The van der Waals surface area contributed by atoms with Crippen molar-refractivity contribution in [2.75, 3.05) is 13.2 Å². The van der Waals surface area contributed by atoms with E-state index in [1.165, 1.54) is 89.9 Å². The first-order chi connectivity index (χ1) is 31.5. The summed E-state index contributed by atoms with van der Waals surface area (Å²) in [6.45, 7) is 6.47. The third kappa shape index (κ3) is 49.3. The standard InChI is InChI=1S/C58H96O6/c1-4-7-10-13-16-19-22-24-26-28-30-31-33-36-39-42-45-48-51-57(60)63-54-55(53-62-56(59)50-47-44-41-38-35-21-18-15-12-9-6-3)64-58(61)52-49-46-43-40-37-34-32-29-27-25-23-20-17-14-11-8-5-2/h15-16,18-19,22,24-28,30-32,34,40,43,55H,4-14,17,20-21,23,29,33,35-39,41-42,44-54H2,1-3H3/b18-15-,19-16-,24-22-,27-25-,28-26-,31-30-,34-32-,43-40-. The molecule has 0 saturated heterocycles. The van der Waals surface area contributed by atoms with E-state index in [0.29, 0.717) is 19.3 Å². The Morgan fingerprint density at radius 2 is 0.656 bits per heavy atom. The van der Waals surface area contributed by atoms with Crippen molar-refractivity contribution in [1.82, 2.24) is 0 Å². The molecule has 0 N–H and O–H groups in total. The summed E-state index contributed by atoms with van der Waals surface area (Å²) < 4.78 is 16.7. The zero-order valence-corrected chi connectivity index (χ0v) is 41.5. The average Bonchev–Trinajstić information content (AvgIpc) is 3.29. The molecule has 0 saturated carbocycles. The summed E-state index contributed by atoms with van der Waals surface area (Å²) in [7, 11) is 0. The van der Waals surface area contributed by atoms with Gasteiger partial charge in [0, 0.05) is 19.3 Å². The molecule has 0 rings (SSSR count). The molecule has 0 fully saturated rings. The van der Waals surface area contributed by atoms with Gasteiger partial charge < -0.3 is 14.2 Å². The molecular formula is C58H96O6. The van der Waals surface area contributed by atoms with E-state index in [-0.39, 0.29) is 37.5 Å². The molecule has 0 aromatic carbocycles. The van der Waals surface area contributed by atoms with Crippen molar-refractivity contribution in [3.05, 3.63) is 97.2 Å². The van der Waals surface area contributed by atoms with Crippen LogP contribution in [0.2, 0.25) is 0 Å². The van der Waals surface area contributed by atoms with Crippen LogP contribution in [-0.2, 0) is 28.6 Å². The van der Waals surface area contributed by atoms with Gasteiger partial charge in [0.15, 0.2) is 6.10 Å². The predicted octanol–water partition coefficient (Wildman–Crippen LogP) is 17.4. The van der Waals surface area contributed by atoms with Gasteiger partial charge in [-0.3, -0.25) is 14.4 Å². The minimum absolute atomic E-state index is 0.111. The van der Waals surface area contributed by atoms with E-state index in [1.807, 2.05) is 0 Å². The number of carbonyl (C=O) groups is 3. The van der Waals surface area contributed by atoms with Gasteiger partial charge in [-0.05, 0) is 96.3 Å². The fourth-order valence-electron chi connectivity index (χ4n) is 6.86. The summed E-state index contributed by atoms with van der Waals surface area (Å²) in [4.78, 5) is 37.9. The van der Waals surface area contributed by atoms with Gasteiger partial charge in [-0.2, -0.15) is 0 Å². The van der Waals surface area contributed by atoms with Crippen LogP contribution in [0.4, 0.5) is 0 Å². The number of esters is 3. The summed E-state index contributed by atoms with van der Waals surface area (Å²) in [5, 5.41) is 0. The Bertz CT molecular complexity index is 1300. The summed E-state index contributed by atoms with van der Waals surface area (Å²) in [6, 6.07) is 0. The third-order valence-corrected chi connectivity index (χ3v) is 10.9. The fraction of sp³-hybridized carbons (Fsp3) is 0.672. The van der Waals surface area contributed by atoms with Crippen molar-refractivity contribution in [2.24, 2.45) is 0 Å². The van der Waals surface area contributed by atoms with E-state index in [9.17, 15) is 14.4 Å². The van der Waals surface area contributed by atoms with Gasteiger partial charge in [0.05, 0.1) is 0 Å². The van der Waals surface area contributed by atoms with Crippen molar-refractivity contribution in [2.45, 2.75) is 239 Å². The lowest BCUT2D eigenvalue weighted by Crippen LogP contribution is -2.30. The Labute approximate surface area is 394 Å². The lowest BCUT2D eigenvalue weighted by molar-refractivity contribution is -0.167.